The van der Waals surface area contributed by atoms with Crippen molar-refractivity contribution in [3.63, 3.8) is 0 Å². The van der Waals surface area contributed by atoms with E-state index in [1.807, 2.05) is 10.8 Å². The number of anilines is 1. The monoisotopic (exact) mass is 319 g/mol. The van der Waals surface area contributed by atoms with Gasteiger partial charge in [0, 0.05) is 18.4 Å². The largest absolute Gasteiger partial charge is 0.506 e. The molecule has 0 aliphatic carbocycles. The Bertz CT molecular complexity index is 800. The molecule has 0 radical (unpaired) electrons. The number of rotatable bonds is 3. The highest BCUT2D eigenvalue weighted by molar-refractivity contribution is 7.92. The van der Waals surface area contributed by atoms with Crippen molar-refractivity contribution in [2.75, 3.05) is 10.8 Å². The van der Waals surface area contributed by atoms with Gasteiger partial charge < -0.3 is 5.11 Å². The van der Waals surface area contributed by atoms with Gasteiger partial charge in [-0.15, -0.1) is 0 Å². The molecule has 1 saturated heterocycles. The zero-order chi connectivity index (χ0) is 16.2. The van der Waals surface area contributed by atoms with Gasteiger partial charge >= 0.3 is 10.2 Å². The Kier molecular flexibility index (Phi) is 4.54. The van der Waals surface area contributed by atoms with Crippen LogP contribution in [-0.4, -0.2) is 26.0 Å². The number of carbonyl (C=O) groups is 1. The van der Waals surface area contributed by atoms with E-state index in [4.69, 9.17) is 5.26 Å². The number of phenolic OH excluding ortho intramolecular Hbond substituents is 1. The summed E-state index contributed by atoms with van der Waals surface area (Å²) in [7, 11) is -3.97. The van der Waals surface area contributed by atoms with E-state index in [9.17, 15) is 18.3 Å². The molecular weight excluding hydrogens is 306 g/mol. The van der Waals surface area contributed by atoms with Crippen molar-refractivity contribution in [2.45, 2.75) is 19.3 Å². The number of unbranched alkanes of at least 4 members (excludes halogenated alkanes) is 2. The van der Waals surface area contributed by atoms with Crippen molar-refractivity contribution < 1.29 is 18.3 Å². The Balaban J connectivity index is 2.25. The number of benzene rings is 1. The molecule has 8 heteroatoms. The van der Waals surface area contributed by atoms with Crippen molar-refractivity contribution in [1.82, 2.24) is 4.72 Å². The van der Waals surface area contributed by atoms with Gasteiger partial charge in [-0.25, -0.2) is 9.03 Å². The zero-order valence-electron chi connectivity index (χ0n) is 11.5. The lowest BCUT2D eigenvalue weighted by molar-refractivity contribution is -0.117. The standard InChI is InChI=1S/C14H13N3O4S/c15-8-4-2-1-3-5-11-6-7-13(18)12(9-11)17-10-14(19)16-22(17,20)21/h6-7,9,18H,1-2,4,10H2,(H,16,19). The number of hydrogen-bond acceptors (Lipinski definition) is 5. The van der Waals surface area contributed by atoms with Crippen molar-refractivity contribution in [3.8, 4) is 23.7 Å². The summed E-state index contributed by atoms with van der Waals surface area (Å²) < 4.78 is 26.2. The van der Waals surface area contributed by atoms with Gasteiger partial charge in [-0.05, 0) is 24.6 Å². The molecule has 1 amide bonds. The Morgan fingerprint density at radius 2 is 2.14 bits per heavy atom. The molecule has 1 heterocycles. The first kappa shape index (κ1) is 15.7. The predicted octanol–water partition coefficient (Wildman–Crippen LogP) is 0.619. The van der Waals surface area contributed by atoms with Crippen LogP contribution in [0.3, 0.4) is 0 Å². The van der Waals surface area contributed by atoms with Gasteiger partial charge in [0.15, 0.2) is 0 Å². The molecule has 1 fully saturated rings. The minimum absolute atomic E-state index is 0.00201. The van der Waals surface area contributed by atoms with E-state index >= 15 is 0 Å². The minimum atomic E-state index is -3.97. The summed E-state index contributed by atoms with van der Waals surface area (Å²) in [5.74, 6) is 4.79. The van der Waals surface area contributed by atoms with E-state index in [2.05, 4.69) is 11.8 Å². The summed E-state index contributed by atoms with van der Waals surface area (Å²) in [5.41, 5.74) is 0.515. The van der Waals surface area contributed by atoms with E-state index in [-0.39, 0.29) is 18.0 Å². The SMILES string of the molecule is N#CCCCC#Cc1ccc(O)c(N2CC(=O)NS2(=O)=O)c1. The number of nitrogens with one attached hydrogen (secondary N) is 1. The summed E-state index contributed by atoms with van der Waals surface area (Å²) in [6.07, 6.45) is 1.63. The van der Waals surface area contributed by atoms with Crippen molar-refractivity contribution in [2.24, 2.45) is 0 Å². The Morgan fingerprint density at radius 1 is 1.36 bits per heavy atom. The quantitative estimate of drug-likeness (QED) is 0.627. The van der Waals surface area contributed by atoms with E-state index in [0.29, 0.717) is 24.8 Å². The van der Waals surface area contributed by atoms with Crippen molar-refractivity contribution >= 4 is 21.8 Å². The van der Waals surface area contributed by atoms with Gasteiger partial charge in [-0.1, -0.05) is 11.8 Å². The summed E-state index contributed by atoms with van der Waals surface area (Å²) >= 11 is 0. The maximum Gasteiger partial charge on any atom is 0.326 e. The average Bonchev–Trinajstić information content (AvgIpc) is 2.73. The van der Waals surface area contributed by atoms with Crippen molar-refractivity contribution in [3.05, 3.63) is 23.8 Å². The number of carbonyl (C=O) groups excluding carboxylic acids is 1. The van der Waals surface area contributed by atoms with E-state index in [1.54, 1.807) is 6.07 Å². The molecule has 0 unspecified atom stereocenters. The third-order valence-electron chi connectivity index (χ3n) is 2.89. The third-order valence-corrected chi connectivity index (χ3v) is 4.28. The van der Waals surface area contributed by atoms with Crippen LogP contribution in [0.4, 0.5) is 5.69 Å². The summed E-state index contributed by atoms with van der Waals surface area (Å²) in [6, 6.07) is 6.30. The molecular formula is C14H13N3O4S. The van der Waals surface area contributed by atoms with Gasteiger partial charge in [0.2, 0.25) is 0 Å². The molecule has 22 heavy (non-hydrogen) atoms. The topological polar surface area (TPSA) is 110 Å². The second kappa shape index (κ2) is 6.37. The maximum atomic E-state index is 11.8. The van der Waals surface area contributed by atoms with Crippen LogP contribution in [0, 0.1) is 23.2 Å². The number of hydrogen-bond donors (Lipinski definition) is 2. The van der Waals surface area contributed by atoms with E-state index in [0.717, 1.165) is 4.31 Å². The molecule has 2 N–H and O–H groups in total. The van der Waals surface area contributed by atoms with Crippen LogP contribution in [0.15, 0.2) is 18.2 Å². The third kappa shape index (κ3) is 3.48. The van der Waals surface area contributed by atoms with Gasteiger partial charge in [0.05, 0.1) is 11.8 Å². The van der Waals surface area contributed by atoms with E-state index < -0.39 is 16.1 Å². The highest BCUT2D eigenvalue weighted by Gasteiger charge is 2.35. The lowest BCUT2D eigenvalue weighted by atomic mass is 10.1. The molecule has 0 bridgehead atoms. The fraction of sp³-hybridized carbons (Fsp3) is 0.286. The van der Waals surface area contributed by atoms with Crippen LogP contribution < -0.4 is 9.03 Å². The average molecular weight is 319 g/mol. The predicted molar refractivity (Wildman–Crippen MR) is 78.9 cm³/mol. The molecule has 1 aromatic rings. The smallest absolute Gasteiger partial charge is 0.326 e. The second-order valence-corrected chi connectivity index (χ2v) is 6.15. The van der Waals surface area contributed by atoms with Crippen LogP contribution in [0.1, 0.15) is 24.8 Å². The molecule has 0 saturated carbocycles. The van der Waals surface area contributed by atoms with Crippen LogP contribution in [0.5, 0.6) is 5.75 Å². The van der Waals surface area contributed by atoms with Crippen LogP contribution >= 0.6 is 0 Å². The molecule has 0 aromatic heterocycles. The first-order valence-electron chi connectivity index (χ1n) is 6.46. The van der Waals surface area contributed by atoms with Crippen LogP contribution in [0.2, 0.25) is 0 Å². The molecule has 1 aromatic carbocycles. The minimum Gasteiger partial charge on any atom is -0.506 e. The van der Waals surface area contributed by atoms with Gasteiger partial charge in [0.1, 0.15) is 12.3 Å². The number of nitrogens with zero attached hydrogens (tertiary/aromatic N) is 2. The van der Waals surface area contributed by atoms with Crippen LogP contribution in [0.25, 0.3) is 0 Å². The number of amides is 1. The molecule has 0 atom stereocenters. The lowest BCUT2D eigenvalue weighted by Gasteiger charge is -2.16. The fourth-order valence-corrected chi connectivity index (χ4v) is 3.04. The van der Waals surface area contributed by atoms with Gasteiger partial charge in [-0.2, -0.15) is 13.7 Å². The number of nitriles is 1. The van der Waals surface area contributed by atoms with Gasteiger partial charge in [-0.3, -0.25) is 4.79 Å². The lowest BCUT2D eigenvalue weighted by Crippen LogP contribution is -2.29. The highest BCUT2D eigenvalue weighted by atomic mass is 32.2. The van der Waals surface area contributed by atoms with Crippen LogP contribution in [-0.2, 0) is 15.0 Å². The molecule has 7 nitrogen and oxygen atoms in total. The number of phenols is 1. The fourth-order valence-electron chi connectivity index (χ4n) is 1.88. The molecule has 1 aliphatic heterocycles. The first-order valence-corrected chi connectivity index (χ1v) is 7.90. The van der Waals surface area contributed by atoms with Crippen molar-refractivity contribution in [1.29, 1.82) is 5.26 Å². The Hall–Kier alpha value is -2.71. The Morgan fingerprint density at radius 3 is 2.77 bits per heavy atom. The molecule has 114 valence electrons. The van der Waals surface area contributed by atoms with Gasteiger partial charge in [0.25, 0.3) is 5.91 Å². The first-order chi connectivity index (χ1) is 10.4. The summed E-state index contributed by atoms with van der Waals surface area (Å²) in [5, 5.41) is 18.2. The molecule has 2 rings (SSSR count). The second-order valence-electron chi connectivity index (χ2n) is 4.55. The molecule has 0 spiro atoms. The van der Waals surface area contributed by atoms with E-state index in [1.165, 1.54) is 12.1 Å². The molecule has 1 aliphatic rings. The normalized spacial score (nSPS) is 15.6. The highest BCUT2D eigenvalue weighted by Crippen LogP contribution is 2.31. The zero-order valence-corrected chi connectivity index (χ0v) is 12.4. The Labute approximate surface area is 128 Å². The summed E-state index contributed by atoms with van der Waals surface area (Å²) in [6.45, 7) is -0.380. The number of aromatic hydroxyl groups is 1. The maximum absolute atomic E-state index is 11.8. The summed E-state index contributed by atoms with van der Waals surface area (Å²) in [4.78, 5) is 11.2.